The first kappa shape index (κ1) is 17.3. The third-order valence-electron chi connectivity index (χ3n) is 3.73. The molecule has 1 aromatic heterocycles. The van der Waals surface area contributed by atoms with Crippen LogP contribution >= 0.6 is 0 Å². The van der Waals surface area contributed by atoms with Crippen molar-refractivity contribution in [3.63, 3.8) is 0 Å². The molecule has 1 fully saturated rings. The Morgan fingerprint density at radius 2 is 2.13 bits per heavy atom. The zero-order valence-electron chi connectivity index (χ0n) is 13.8. The molecule has 0 radical (unpaired) electrons. The summed E-state index contributed by atoms with van der Waals surface area (Å²) in [5, 5.41) is 8.74. The van der Waals surface area contributed by atoms with Gasteiger partial charge < -0.3 is 10.2 Å². The first-order valence-electron chi connectivity index (χ1n) is 7.68. The largest absolute Gasteiger partial charge is 0.354 e. The van der Waals surface area contributed by atoms with E-state index in [1.54, 1.807) is 13.2 Å². The summed E-state index contributed by atoms with van der Waals surface area (Å²) in [7, 11) is 1.67. The summed E-state index contributed by atoms with van der Waals surface area (Å²) in [6, 6.07) is 3.84. The lowest BCUT2D eigenvalue weighted by atomic mass is 10.1. The smallest absolute Gasteiger partial charge is 0.278 e. The molecule has 0 unspecified atom stereocenters. The van der Waals surface area contributed by atoms with Gasteiger partial charge in [-0.2, -0.15) is 5.10 Å². The molecular formula is C16H23F2N5. The van der Waals surface area contributed by atoms with Crippen LogP contribution in [-0.4, -0.2) is 55.4 Å². The van der Waals surface area contributed by atoms with Crippen LogP contribution in [0.3, 0.4) is 0 Å². The number of pyridine rings is 1. The fourth-order valence-electron chi connectivity index (χ4n) is 2.52. The van der Waals surface area contributed by atoms with Crippen LogP contribution in [0.5, 0.6) is 0 Å². The SMILES string of the molecule is C/C=C(/c1ccnc(N2CCNCC2)c1)N(C)/N=C(\C)C(F)F. The van der Waals surface area contributed by atoms with E-state index in [1.807, 2.05) is 25.1 Å². The number of rotatable bonds is 5. The number of piperazine rings is 1. The van der Waals surface area contributed by atoms with Gasteiger partial charge in [0, 0.05) is 45.0 Å². The first-order valence-corrected chi connectivity index (χ1v) is 7.68. The van der Waals surface area contributed by atoms with E-state index in [1.165, 1.54) is 11.9 Å². The van der Waals surface area contributed by atoms with Crippen LogP contribution in [0.15, 0.2) is 29.5 Å². The Labute approximate surface area is 135 Å². The predicted octanol–water partition coefficient (Wildman–Crippen LogP) is 2.42. The van der Waals surface area contributed by atoms with Crippen molar-refractivity contribution in [2.75, 3.05) is 38.1 Å². The number of alkyl halides is 2. The van der Waals surface area contributed by atoms with Crippen LogP contribution in [0, 0.1) is 0 Å². The predicted molar refractivity (Wildman–Crippen MR) is 89.8 cm³/mol. The lowest BCUT2D eigenvalue weighted by Crippen LogP contribution is -2.43. The van der Waals surface area contributed by atoms with E-state index in [9.17, 15) is 8.78 Å². The molecule has 1 aliphatic rings. The molecule has 0 aromatic carbocycles. The van der Waals surface area contributed by atoms with E-state index in [-0.39, 0.29) is 5.71 Å². The van der Waals surface area contributed by atoms with Crippen LogP contribution in [0.1, 0.15) is 19.4 Å². The van der Waals surface area contributed by atoms with Gasteiger partial charge >= 0.3 is 0 Å². The van der Waals surface area contributed by atoms with Crippen LogP contribution in [-0.2, 0) is 0 Å². The molecule has 0 spiro atoms. The molecule has 0 saturated carbocycles. The second-order valence-corrected chi connectivity index (χ2v) is 5.38. The fourth-order valence-corrected chi connectivity index (χ4v) is 2.52. The summed E-state index contributed by atoms with van der Waals surface area (Å²) >= 11 is 0. The Hall–Kier alpha value is -2.02. The van der Waals surface area contributed by atoms with Gasteiger partial charge in [-0.05, 0) is 26.0 Å². The third-order valence-corrected chi connectivity index (χ3v) is 3.73. The van der Waals surface area contributed by atoms with Crippen molar-refractivity contribution in [2.24, 2.45) is 5.10 Å². The number of aromatic nitrogens is 1. The van der Waals surface area contributed by atoms with Crippen molar-refractivity contribution in [3.8, 4) is 0 Å². The van der Waals surface area contributed by atoms with Gasteiger partial charge in [0.2, 0.25) is 0 Å². The van der Waals surface area contributed by atoms with Crippen molar-refractivity contribution < 1.29 is 8.78 Å². The number of nitrogens with one attached hydrogen (secondary N) is 1. The normalized spacial score (nSPS) is 16.9. The van der Waals surface area contributed by atoms with E-state index >= 15 is 0 Å². The number of anilines is 1. The summed E-state index contributed by atoms with van der Waals surface area (Å²) in [6.45, 7) is 6.86. The second-order valence-electron chi connectivity index (χ2n) is 5.38. The van der Waals surface area contributed by atoms with Crippen molar-refractivity contribution in [1.82, 2.24) is 15.3 Å². The monoisotopic (exact) mass is 323 g/mol. The number of allylic oxidation sites excluding steroid dienone is 1. The van der Waals surface area contributed by atoms with Crippen molar-refractivity contribution >= 4 is 17.2 Å². The summed E-state index contributed by atoms with van der Waals surface area (Å²) in [5.74, 6) is 0.895. The highest BCUT2D eigenvalue weighted by Crippen LogP contribution is 2.22. The lowest BCUT2D eigenvalue weighted by Gasteiger charge is -2.29. The van der Waals surface area contributed by atoms with Gasteiger partial charge in [-0.1, -0.05) is 6.08 Å². The molecule has 2 heterocycles. The number of hydrogen-bond donors (Lipinski definition) is 1. The molecule has 7 heteroatoms. The van der Waals surface area contributed by atoms with Crippen LogP contribution < -0.4 is 10.2 Å². The number of hydrazone groups is 1. The first-order chi connectivity index (χ1) is 11.0. The zero-order valence-corrected chi connectivity index (χ0v) is 13.8. The van der Waals surface area contributed by atoms with Gasteiger partial charge in [-0.3, -0.25) is 5.01 Å². The fraction of sp³-hybridized carbons (Fsp3) is 0.500. The highest BCUT2D eigenvalue weighted by Gasteiger charge is 2.15. The summed E-state index contributed by atoms with van der Waals surface area (Å²) in [4.78, 5) is 6.63. The molecule has 0 atom stereocenters. The molecule has 5 nitrogen and oxygen atoms in total. The van der Waals surface area contributed by atoms with E-state index in [0.29, 0.717) is 0 Å². The minimum Gasteiger partial charge on any atom is -0.354 e. The number of halogens is 2. The topological polar surface area (TPSA) is 43.8 Å². The standard InChI is InChI=1S/C16H23F2N5/c1-4-14(22(3)21-12(2)16(17)18)13-5-6-20-15(11-13)23-9-7-19-8-10-23/h4-6,11,16,19H,7-10H2,1-3H3/b14-4-,21-12+. The molecule has 0 bridgehead atoms. The Bertz CT molecular complexity index is 580. The average Bonchev–Trinajstić information content (AvgIpc) is 2.56. The molecule has 1 aliphatic heterocycles. The maximum absolute atomic E-state index is 12.7. The maximum atomic E-state index is 12.7. The van der Waals surface area contributed by atoms with Crippen LogP contribution in [0.25, 0.3) is 5.70 Å². The van der Waals surface area contributed by atoms with Gasteiger partial charge in [-0.15, -0.1) is 0 Å². The zero-order chi connectivity index (χ0) is 16.8. The molecule has 1 saturated heterocycles. The minimum atomic E-state index is -2.55. The van der Waals surface area contributed by atoms with Gasteiger partial charge in [0.05, 0.1) is 5.70 Å². The van der Waals surface area contributed by atoms with E-state index in [4.69, 9.17) is 0 Å². The summed E-state index contributed by atoms with van der Waals surface area (Å²) in [5.41, 5.74) is 1.47. The molecule has 0 aliphatic carbocycles. The van der Waals surface area contributed by atoms with Crippen molar-refractivity contribution in [1.29, 1.82) is 0 Å². The van der Waals surface area contributed by atoms with Crippen LogP contribution in [0.2, 0.25) is 0 Å². The van der Waals surface area contributed by atoms with Crippen molar-refractivity contribution in [3.05, 3.63) is 30.0 Å². The van der Waals surface area contributed by atoms with E-state index in [0.717, 1.165) is 43.3 Å². The van der Waals surface area contributed by atoms with E-state index in [2.05, 4.69) is 20.3 Å². The molecule has 1 N–H and O–H groups in total. The molecule has 2 rings (SSSR count). The van der Waals surface area contributed by atoms with Gasteiger partial charge in [0.1, 0.15) is 11.5 Å². The Morgan fingerprint density at radius 3 is 2.74 bits per heavy atom. The Balaban J connectivity index is 2.23. The Morgan fingerprint density at radius 1 is 1.43 bits per heavy atom. The molecule has 23 heavy (non-hydrogen) atoms. The quantitative estimate of drug-likeness (QED) is 0.668. The molecule has 1 aromatic rings. The van der Waals surface area contributed by atoms with Crippen molar-refractivity contribution in [2.45, 2.75) is 20.3 Å². The van der Waals surface area contributed by atoms with Gasteiger partial charge in [0.25, 0.3) is 6.43 Å². The van der Waals surface area contributed by atoms with E-state index < -0.39 is 6.43 Å². The second kappa shape index (κ2) is 8.01. The van der Waals surface area contributed by atoms with Crippen LogP contribution in [0.4, 0.5) is 14.6 Å². The number of nitrogens with zero attached hydrogens (tertiary/aromatic N) is 4. The highest BCUT2D eigenvalue weighted by atomic mass is 19.3. The maximum Gasteiger partial charge on any atom is 0.278 e. The molecule has 126 valence electrons. The minimum absolute atomic E-state index is 0.205. The highest BCUT2D eigenvalue weighted by molar-refractivity contribution is 5.85. The molecular weight excluding hydrogens is 300 g/mol. The average molecular weight is 323 g/mol. The number of hydrogen-bond acceptors (Lipinski definition) is 5. The molecule has 0 amide bonds. The Kier molecular flexibility index (Phi) is 6.04. The lowest BCUT2D eigenvalue weighted by molar-refractivity contribution is 0.222. The van der Waals surface area contributed by atoms with Gasteiger partial charge in [-0.25, -0.2) is 13.8 Å². The van der Waals surface area contributed by atoms with Gasteiger partial charge in [0.15, 0.2) is 0 Å². The third kappa shape index (κ3) is 4.48. The summed E-state index contributed by atoms with van der Waals surface area (Å²) < 4.78 is 25.3. The summed E-state index contributed by atoms with van der Waals surface area (Å²) in [6.07, 6.45) is 1.05.